The molecule has 3 amide bonds. The molecule has 3 aliphatic carbocycles. The van der Waals surface area contributed by atoms with Gasteiger partial charge in [0.15, 0.2) is 0 Å². The Kier molecular flexibility index (Phi) is 5.03. The third-order valence-corrected chi connectivity index (χ3v) is 10.3. The lowest BCUT2D eigenvalue weighted by atomic mass is 9.55. The maximum absolute atomic E-state index is 14.2. The zero-order valence-electron chi connectivity index (χ0n) is 20.6. The van der Waals surface area contributed by atoms with Crippen molar-refractivity contribution >= 4 is 39.3 Å². The maximum atomic E-state index is 14.2. The van der Waals surface area contributed by atoms with Crippen molar-refractivity contribution in [2.24, 2.45) is 17.8 Å². The smallest absolute Gasteiger partial charge is 0.253 e. The summed E-state index contributed by atoms with van der Waals surface area (Å²) in [6.45, 7) is 3.69. The molecule has 3 aromatic rings. The first-order valence-corrected chi connectivity index (χ1v) is 13.9. The number of halogens is 1. The summed E-state index contributed by atoms with van der Waals surface area (Å²) in [7, 11) is 0. The first kappa shape index (κ1) is 22.9. The number of benzene rings is 3. The summed E-state index contributed by atoms with van der Waals surface area (Å²) in [5, 5.41) is 0. The molecule has 5 nitrogen and oxygen atoms in total. The summed E-state index contributed by atoms with van der Waals surface area (Å²) in [5.74, 6) is -1.06. The Balaban J connectivity index is 1.30. The molecule has 0 radical (unpaired) electrons. The summed E-state index contributed by atoms with van der Waals surface area (Å²) >= 11 is 4.04. The van der Waals surface area contributed by atoms with Gasteiger partial charge in [-0.05, 0) is 59.2 Å². The number of carbonyl (C=O) groups excluding carboxylic acids is 3. The second kappa shape index (κ2) is 8.12. The molecule has 2 fully saturated rings. The second-order valence-electron chi connectivity index (χ2n) is 10.9. The molecule has 6 heteroatoms. The minimum Gasteiger partial charge on any atom is -0.339 e. The van der Waals surface area contributed by atoms with E-state index < -0.39 is 16.2 Å². The number of rotatable bonds is 2. The molecule has 0 unspecified atom stereocenters. The van der Waals surface area contributed by atoms with Crippen molar-refractivity contribution in [2.75, 3.05) is 18.0 Å². The van der Waals surface area contributed by atoms with Crippen LogP contribution in [0.4, 0.5) is 5.69 Å². The second-order valence-corrected chi connectivity index (χ2v) is 12.2. The van der Waals surface area contributed by atoms with Crippen molar-refractivity contribution in [1.82, 2.24) is 4.90 Å². The minimum absolute atomic E-state index is 0.0397. The molecule has 3 aromatic carbocycles. The Morgan fingerprint density at radius 2 is 1.49 bits per heavy atom. The van der Waals surface area contributed by atoms with Crippen molar-refractivity contribution in [1.29, 1.82) is 0 Å². The van der Waals surface area contributed by atoms with Crippen LogP contribution in [0.5, 0.6) is 0 Å². The van der Waals surface area contributed by atoms with E-state index in [-0.39, 0.29) is 23.6 Å². The van der Waals surface area contributed by atoms with Crippen LogP contribution in [0.25, 0.3) is 0 Å². The van der Waals surface area contributed by atoms with E-state index in [9.17, 15) is 14.4 Å². The Labute approximate surface area is 224 Å². The lowest BCUT2D eigenvalue weighted by molar-refractivity contribution is -0.122. The van der Waals surface area contributed by atoms with Crippen LogP contribution in [0.1, 0.15) is 58.3 Å². The number of anilines is 1. The Bertz CT molecular complexity index is 1430. The number of hydrogen-bond acceptors (Lipinski definition) is 3. The summed E-state index contributed by atoms with van der Waals surface area (Å²) in [6.07, 6.45) is 1.99. The SMILES string of the molecule is CC1CCN(C(=O)c2cccc(N3C(=O)[C@@H]4[C@@H](C3=O)C3c5ccccc5C4(Br)c4ccccc43)c2)CC1. The average molecular weight is 555 g/mol. The Morgan fingerprint density at radius 3 is 2.14 bits per heavy atom. The first-order chi connectivity index (χ1) is 17.9. The van der Waals surface area contributed by atoms with Gasteiger partial charge >= 0.3 is 0 Å². The van der Waals surface area contributed by atoms with Gasteiger partial charge < -0.3 is 4.90 Å². The molecule has 2 bridgehead atoms. The Morgan fingerprint density at radius 1 is 0.865 bits per heavy atom. The van der Waals surface area contributed by atoms with Crippen molar-refractivity contribution in [2.45, 2.75) is 30.0 Å². The highest BCUT2D eigenvalue weighted by Gasteiger charge is 2.67. The van der Waals surface area contributed by atoms with Crippen LogP contribution in [0.2, 0.25) is 0 Å². The number of nitrogens with zero attached hydrogens (tertiary/aromatic N) is 2. The zero-order valence-corrected chi connectivity index (χ0v) is 22.1. The van der Waals surface area contributed by atoms with Gasteiger partial charge in [-0.2, -0.15) is 0 Å². The minimum atomic E-state index is -0.779. The normalized spacial score (nSPS) is 28.2. The van der Waals surface area contributed by atoms with Crippen LogP contribution in [-0.2, 0) is 13.9 Å². The molecule has 0 saturated carbocycles. The van der Waals surface area contributed by atoms with E-state index in [1.54, 1.807) is 24.3 Å². The molecule has 2 aliphatic heterocycles. The molecular weight excluding hydrogens is 528 g/mol. The fraction of sp³-hybridized carbons (Fsp3) is 0.323. The molecule has 5 aliphatic rings. The first-order valence-electron chi connectivity index (χ1n) is 13.1. The van der Waals surface area contributed by atoms with Crippen LogP contribution in [0.15, 0.2) is 72.8 Å². The molecule has 37 heavy (non-hydrogen) atoms. The fourth-order valence-electron chi connectivity index (χ4n) is 7.11. The Hall–Kier alpha value is -3.25. The van der Waals surface area contributed by atoms with Crippen molar-refractivity contribution in [3.63, 3.8) is 0 Å². The molecule has 0 spiro atoms. The topological polar surface area (TPSA) is 57.7 Å². The van der Waals surface area contributed by atoms with Crippen LogP contribution in [0.3, 0.4) is 0 Å². The molecular formula is C31H27BrN2O3. The highest BCUT2D eigenvalue weighted by atomic mass is 79.9. The van der Waals surface area contributed by atoms with Gasteiger partial charge in [0.25, 0.3) is 5.91 Å². The number of alkyl halides is 1. The number of imide groups is 1. The largest absolute Gasteiger partial charge is 0.339 e. The van der Waals surface area contributed by atoms with E-state index in [0.29, 0.717) is 17.2 Å². The van der Waals surface area contributed by atoms with Gasteiger partial charge in [-0.3, -0.25) is 14.4 Å². The quantitative estimate of drug-likeness (QED) is 0.312. The average Bonchev–Trinajstić information content (AvgIpc) is 3.20. The van der Waals surface area contributed by atoms with Gasteiger partial charge in [-0.1, -0.05) is 77.5 Å². The van der Waals surface area contributed by atoms with Crippen LogP contribution < -0.4 is 4.90 Å². The highest BCUT2D eigenvalue weighted by molar-refractivity contribution is 9.09. The summed E-state index contributed by atoms with van der Waals surface area (Å²) < 4.78 is -0.779. The van der Waals surface area contributed by atoms with Gasteiger partial charge in [-0.25, -0.2) is 4.90 Å². The third kappa shape index (κ3) is 3.05. The van der Waals surface area contributed by atoms with Crippen LogP contribution >= 0.6 is 15.9 Å². The molecule has 2 atom stereocenters. The van der Waals surface area contributed by atoms with Gasteiger partial charge in [0.2, 0.25) is 11.8 Å². The molecule has 186 valence electrons. The van der Waals surface area contributed by atoms with Crippen LogP contribution in [-0.4, -0.2) is 35.7 Å². The number of hydrogen-bond donors (Lipinski definition) is 0. The number of piperidine rings is 1. The fourth-order valence-corrected chi connectivity index (χ4v) is 8.31. The lowest BCUT2D eigenvalue weighted by Crippen LogP contribution is -2.50. The molecule has 8 rings (SSSR count). The van der Waals surface area contributed by atoms with E-state index in [1.165, 1.54) is 4.90 Å². The maximum Gasteiger partial charge on any atom is 0.253 e. The van der Waals surface area contributed by atoms with Gasteiger partial charge in [-0.15, -0.1) is 0 Å². The van der Waals surface area contributed by atoms with Crippen molar-refractivity contribution < 1.29 is 14.4 Å². The monoisotopic (exact) mass is 554 g/mol. The standard InChI is InChI=1S/C31H27BrN2O3/c1-18-13-15-33(16-14-18)28(35)19-7-6-8-20(17-19)34-29(36)26-25-21-9-2-4-11-23(21)31(32,27(26)30(34)37)24-12-5-3-10-22(24)25/h2-12,17-18,25-27H,13-16H2,1H3/t25?,26-,27-,31?/m0/s1. The van der Waals surface area contributed by atoms with Gasteiger partial charge in [0, 0.05) is 24.6 Å². The van der Waals surface area contributed by atoms with E-state index in [0.717, 1.165) is 48.2 Å². The van der Waals surface area contributed by atoms with Crippen molar-refractivity contribution in [3.8, 4) is 0 Å². The van der Waals surface area contributed by atoms with Gasteiger partial charge in [0.05, 0.1) is 21.8 Å². The predicted molar refractivity (Wildman–Crippen MR) is 145 cm³/mol. The molecule has 2 saturated heterocycles. The molecule has 0 N–H and O–H groups in total. The summed E-state index contributed by atoms with van der Waals surface area (Å²) in [6, 6.07) is 23.4. The zero-order chi connectivity index (χ0) is 25.5. The number of likely N-dealkylation sites (tertiary alicyclic amines) is 1. The predicted octanol–water partition coefficient (Wildman–Crippen LogP) is 5.46. The highest BCUT2D eigenvalue weighted by Crippen LogP contribution is 2.66. The lowest BCUT2D eigenvalue weighted by Gasteiger charge is -2.51. The van der Waals surface area contributed by atoms with E-state index in [4.69, 9.17) is 0 Å². The van der Waals surface area contributed by atoms with E-state index in [1.807, 2.05) is 29.2 Å². The van der Waals surface area contributed by atoms with E-state index >= 15 is 0 Å². The molecule has 2 heterocycles. The van der Waals surface area contributed by atoms with Crippen LogP contribution in [0, 0.1) is 17.8 Å². The molecule has 0 aromatic heterocycles. The third-order valence-electron chi connectivity index (χ3n) is 8.94. The number of amides is 3. The van der Waals surface area contributed by atoms with Crippen molar-refractivity contribution in [3.05, 3.63) is 101 Å². The number of carbonyl (C=O) groups is 3. The summed E-state index contributed by atoms with van der Waals surface area (Å²) in [5.41, 5.74) is 5.32. The van der Waals surface area contributed by atoms with E-state index in [2.05, 4.69) is 47.1 Å². The van der Waals surface area contributed by atoms with Gasteiger partial charge in [0.1, 0.15) is 0 Å². The summed E-state index contributed by atoms with van der Waals surface area (Å²) in [4.78, 5) is 44.8.